The van der Waals surface area contributed by atoms with Crippen LogP contribution in [-0.2, 0) is 0 Å². The molecular formula is C12H10BrF2NO. The summed E-state index contributed by atoms with van der Waals surface area (Å²) < 4.78 is 32.5. The zero-order valence-corrected chi connectivity index (χ0v) is 10.6. The van der Waals surface area contributed by atoms with Crippen LogP contribution < -0.4 is 5.32 Å². The highest BCUT2D eigenvalue weighted by atomic mass is 79.9. The van der Waals surface area contributed by atoms with Crippen molar-refractivity contribution in [3.05, 3.63) is 58.0 Å². The molecule has 1 heterocycles. The molecule has 1 unspecified atom stereocenters. The van der Waals surface area contributed by atoms with Gasteiger partial charge in [-0.05, 0) is 35.1 Å². The van der Waals surface area contributed by atoms with Crippen LogP contribution >= 0.6 is 15.9 Å². The lowest BCUT2D eigenvalue weighted by Crippen LogP contribution is -2.18. The third-order valence-electron chi connectivity index (χ3n) is 2.47. The fourth-order valence-corrected chi connectivity index (χ4v) is 2.11. The lowest BCUT2D eigenvalue weighted by atomic mass is 10.0. The molecule has 0 saturated carbocycles. The summed E-state index contributed by atoms with van der Waals surface area (Å²) in [6.07, 6.45) is 1.51. The molecule has 5 heteroatoms. The van der Waals surface area contributed by atoms with Gasteiger partial charge in [-0.3, -0.25) is 0 Å². The van der Waals surface area contributed by atoms with E-state index in [1.807, 2.05) is 0 Å². The fourth-order valence-electron chi connectivity index (χ4n) is 1.67. The molecular weight excluding hydrogens is 292 g/mol. The van der Waals surface area contributed by atoms with Gasteiger partial charge in [0, 0.05) is 11.6 Å². The Bertz CT molecular complexity index is 527. The van der Waals surface area contributed by atoms with Gasteiger partial charge in [0.1, 0.15) is 17.4 Å². The van der Waals surface area contributed by atoms with Crippen molar-refractivity contribution in [1.29, 1.82) is 0 Å². The molecule has 2 rings (SSSR count). The average Bonchev–Trinajstić information content (AvgIpc) is 2.69. The van der Waals surface area contributed by atoms with Crippen LogP contribution in [0, 0.1) is 11.6 Å². The van der Waals surface area contributed by atoms with Crippen LogP contribution in [0.3, 0.4) is 0 Å². The number of hydrogen-bond acceptors (Lipinski definition) is 2. The van der Waals surface area contributed by atoms with Gasteiger partial charge in [-0.15, -0.1) is 0 Å². The summed E-state index contributed by atoms with van der Waals surface area (Å²) in [5, 5.41) is 2.94. The van der Waals surface area contributed by atoms with Crippen molar-refractivity contribution in [3.8, 4) is 0 Å². The number of nitrogens with one attached hydrogen (secondary N) is 1. The van der Waals surface area contributed by atoms with Crippen molar-refractivity contribution in [1.82, 2.24) is 5.32 Å². The number of hydrogen-bond donors (Lipinski definition) is 1. The Kier molecular flexibility index (Phi) is 3.59. The molecule has 17 heavy (non-hydrogen) atoms. The van der Waals surface area contributed by atoms with Crippen LogP contribution in [0.2, 0.25) is 0 Å². The molecule has 0 fully saturated rings. The first-order valence-corrected chi connectivity index (χ1v) is 5.78. The Hall–Kier alpha value is -1.20. The van der Waals surface area contributed by atoms with E-state index in [9.17, 15) is 8.78 Å². The molecule has 1 atom stereocenters. The average molecular weight is 302 g/mol. The molecule has 0 aliphatic rings. The molecule has 0 aliphatic carbocycles. The van der Waals surface area contributed by atoms with E-state index in [4.69, 9.17) is 4.42 Å². The maximum absolute atomic E-state index is 13.7. The van der Waals surface area contributed by atoms with Gasteiger partial charge in [0.15, 0.2) is 0 Å². The third-order valence-corrected chi connectivity index (χ3v) is 3.12. The van der Waals surface area contributed by atoms with Crippen molar-refractivity contribution >= 4 is 15.9 Å². The normalized spacial score (nSPS) is 12.7. The summed E-state index contributed by atoms with van der Waals surface area (Å²) >= 11 is 3.31. The number of benzene rings is 1. The highest BCUT2D eigenvalue weighted by Gasteiger charge is 2.21. The van der Waals surface area contributed by atoms with E-state index in [2.05, 4.69) is 21.2 Å². The molecule has 2 aromatic rings. The predicted molar refractivity (Wildman–Crippen MR) is 63.7 cm³/mol. The van der Waals surface area contributed by atoms with Gasteiger partial charge in [-0.2, -0.15) is 0 Å². The Labute approximate surface area is 106 Å². The second-order valence-electron chi connectivity index (χ2n) is 3.52. The summed E-state index contributed by atoms with van der Waals surface area (Å²) in [6, 6.07) is 4.75. The minimum Gasteiger partial charge on any atom is -0.466 e. The minimum absolute atomic E-state index is 0.338. The van der Waals surface area contributed by atoms with Crippen LogP contribution in [-0.4, -0.2) is 7.05 Å². The SMILES string of the molecule is CNC(c1ccc(F)cc1F)c1occc1Br. The second-order valence-corrected chi connectivity index (χ2v) is 4.37. The Morgan fingerprint density at radius 2 is 2.06 bits per heavy atom. The number of rotatable bonds is 3. The fraction of sp³-hybridized carbons (Fsp3) is 0.167. The molecule has 2 nitrogen and oxygen atoms in total. The lowest BCUT2D eigenvalue weighted by molar-refractivity contribution is 0.449. The first-order valence-electron chi connectivity index (χ1n) is 4.98. The molecule has 90 valence electrons. The quantitative estimate of drug-likeness (QED) is 0.936. The number of halogens is 3. The standard InChI is InChI=1S/C12H10BrF2NO/c1-16-11(12-9(13)4-5-17-12)8-3-2-7(14)6-10(8)15/h2-6,11,16H,1H3. The van der Waals surface area contributed by atoms with E-state index < -0.39 is 17.7 Å². The molecule has 0 aliphatic heterocycles. The van der Waals surface area contributed by atoms with Gasteiger partial charge in [-0.25, -0.2) is 8.78 Å². The maximum atomic E-state index is 13.7. The van der Waals surface area contributed by atoms with Crippen LogP contribution in [0.1, 0.15) is 17.4 Å². The maximum Gasteiger partial charge on any atom is 0.139 e. The van der Waals surface area contributed by atoms with Crippen LogP contribution in [0.5, 0.6) is 0 Å². The van der Waals surface area contributed by atoms with Gasteiger partial charge in [-0.1, -0.05) is 6.07 Å². The van der Waals surface area contributed by atoms with E-state index in [1.54, 1.807) is 13.1 Å². The summed E-state index contributed by atoms with van der Waals surface area (Å²) in [5.41, 5.74) is 0.338. The predicted octanol–water partition coefficient (Wildman–Crippen LogP) is 3.63. The van der Waals surface area contributed by atoms with Gasteiger partial charge in [0.05, 0.1) is 16.8 Å². The molecule has 1 N–H and O–H groups in total. The first kappa shape index (κ1) is 12.3. The Morgan fingerprint density at radius 1 is 1.29 bits per heavy atom. The van der Waals surface area contributed by atoms with Gasteiger partial charge >= 0.3 is 0 Å². The zero-order valence-electron chi connectivity index (χ0n) is 9.01. The molecule has 0 spiro atoms. The second kappa shape index (κ2) is 4.98. The van der Waals surface area contributed by atoms with E-state index >= 15 is 0 Å². The minimum atomic E-state index is -0.604. The summed E-state index contributed by atoms with van der Waals surface area (Å²) in [5.74, 6) is -0.648. The lowest BCUT2D eigenvalue weighted by Gasteiger charge is -2.15. The summed E-state index contributed by atoms with van der Waals surface area (Å²) in [6.45, 7) is 0. The topological polar surface area (TPSA) is 25.2 Å². The third kappa shape index (κ3) is 2.40. The van der Waals surface area contributed by atoms with E-state index in [0.717, 1.165) is 10.5 Å². The van der Waals surface area contributed by atoms with E-state index in [-0.39, 0.29) is 0 Å². The Balaban J connectivity index is 2.46. The van der Waals surface area contributed by atoms with Crippen molar-refractivity contribution in [3.63, 3.8) is 0 Å². The van der Waals surface area contributed by atoms with Gasteiger partial charge in [0.2, 0.25) is 0 Å². The van der Waals surface area contributed by atoms with Crippen molar-refractivity contribution in [2.24, 2.45) is 0 Å². The molecule has 1 aromatic carbocycles. The van der Waals surface area contributed by atoms with Crippen LogP contribution in [0.4, 0.5) is 8.78 Å². The van der Waals surface area contributed by atoms with Crippen molar-refractivity contribution in [2.45, 2.75) is 6.04 Å². The highest BCUT2D eigenvalue weighted by molar-refractivity contribution is 9.10. The van der Waals surface area contributed by atoms with Crippen LogP contribution in [0.25, 0.3) is 0 Å². The largest absolute Gasteiger partial charge is 0.466 e. The molecule has 0 bridgehead atoms. The van der Waals surface area contributed by atoms with Gasteiger partial charge < -0.3 is 9.73 Å². The molecule has 0 radical (unpaired) electrons. The summed E-state index contributed by atoms with van der Waals surface area (Å²) in [7, 11) is 1.68. The van der Waals surface area contributed by atoms with Crippen molar-refractivity contribution in [2.75, 3.05) is 7.05 Å². The van der Waals surface area contributed by atoms with E-state index in [1.165, 1.54) is 18.4 Å². The molecule has 0 amide bonds. The number of furan rings is 1. The van der Waals surface area contributed by atoms with Crippen LogP contribution in [0.15, 0.2) is 39.4 Å². The van der Waals surface area contributed by atoms with E-state index in [0.29, 0.717) is 11.3 Å². The smallest absolute Gasteiger partial charge is 0.139 e. The summed E-state index contributed by atoms with van der Waals surface area (Å²) in [4.78, 5) is 0. The molecule has 0 saturated heterocycles. The zero-order chi connectivity index (χ0) is 12.4. The Morgan fingerprint density at radius 3 is 2.59 bits per heavy atom. The van der Waals surface area contributed by atoms with Gasteiger partial charge in [0.25, 0.3) is 0 Å². The monoisotopic (exact) mass is 301 g/mol. The first-order chi connectivity index (χ1) is 8.13. The highest BCUT2D eigenvalue weighted by Crippen LogP contribution is 2.30. The van der Waals surface area contributed by atoms with Crippen molar-refractivity contribution < 1.29 is 13.2 Å². The molecule has 1 aromatic heterocycles.